The molecule has 1 aliphatic carbocycles. The number of carbonyl (C=O) groups excluding carboxylic acids is 2. The van der Waals surface area contributed by atoms with Crippen LogP contribution in [-0.2, 0) is 43.3 Å². The molecule has 2 amide bonds. The molecule has 3 heterocycles. The van der Waals surface area contributed by atoms with Crippen molar-refractivity contribution in [1.82, 2.24) is 15.1 Å². The van der Waals surface area contributed by atoms with E-state index in [1.807, 2.05) is 14.1 Å². The van der Waals surface area contributed by atoms with Crippen LogP contribution < -0.4 is 10.6 Å². The second-order valence-corrected chi connectivity index (χ2v) is 11.8. The molecule has 0 spiro atoms. The van der Waals surface area contributed by atoms with Crippen molar-refractivity contribution < 1.29 is 27.5 Å². The van der Waals surface area contributed by atoms with Gasteiger partial charge in [-0.15, -0.1) is 22.7 Å². The maximum atomic E-state index is 13.9. The van der Waals surface area contributed by atoms with E-state index in [1.165, 1.54) is 11.3 Å². The number of halogens is 3. The fourth-order valence-electron chi connectivity index (χ4n) is 4.86. The van der Waals surface area contributed by atoms with E-state index < -0.39 is 23.1 Å². The third-order valence-electron chi connectivity index (χ3n) is 6.67. The molecule has 12 heteroatoms. The van der Waals surface area contributed by atoms with Crippen LogP contribution in [-0.4, -0.2) is 62.1 Å². The number of amides is 2. The molecule has 0 radical (unpaired) electrons. The number of urea groups is 1. The first-order valence-electron chi connectivity index (χ1n) is 12.5. The summed E-state index contributed by atoms with van der Waals surface area (Å²) in [4.78, 5) is 30.8. The highest BCUT2D eigenvalue weighted by Crippen LogP contribution is 2.43. The van der Waals surface area contributed by atoms with Crippen LogP contribution in [0, 0.1) is 0 Å². The molecule has 2 N–H and O–H groups in total. The predicted octanol–water partition coefficient (Wildman–Crippen LogP) is 5.13. The van der Waals surface area contributed by atoms with Crippen molar-refractivity contribution in [3.05, 3.63) is 36.9 Å². The summed E-state index contributed by atoms with van der Waals surface area (Å²) in [5.41, 5.74) is 2.12. The van der Waals surface area contributed by atoms with E-state index in [-0.39, 0.29) is 18.7 Å². The number of thiophene rings is 2. The molecule has 0 saturated carbocycles. The van der Waals surface area contributed by atoms with Crippen molar-refractivity contribution in [3.8, 4) is 0 Å². The van der Waals surface area contributed by atoms with Crippen LogP contribution in [0.3, 0.4) is 0 Å². The number of nitrogens with one attached hydrogen (secondary N) is 2. The second kappa shape index (κ2) is 11.7. The zero-order chi connectivity index (χ0) is 26.7. The Balaban J connectivity index is 1.49. The van der Waals surface area contributed by atoms with Crippen LogP contribution in [0.15, 0.2) is 0 Å². The minimum atomic E-state index is -4.49. The Hall–Kier alpha value is -2.15. The maximum absolute atomic E-state index is 13.9. The van der Waals surface area contributed by atoms with Crippen LogP contribution in [0.1, 0.15) is 61.4 Å². The van der Waals surface area contributed by atoms with E-state index in [0.29, 0.717) is 40.5 Å². The number of hydrogen-bond acceptors (Lipinski definition) is 7. The first kappa shape index (κ1) is 27.9. The van der Waals surface area contributed by atoms with E-state index >= 15 is 0 Å². The molecule has 204 valence electrons. The number of esters is 1. The monoisotopic (exact) mass is 558 g/mol. The molecule has 0 atom stereocenters. The molecule has 0 unspecified atom stereocenters. The quantitative estimate of drug-likeness (QED) is 0.440. The molecule has 1 aliphatic heterocycles. The van der Waals surface area contributed by atoms with E-state index in [4.69, 9.17) is 4.74 Å². The van der Waals surface area contributed by atoms with Gasteiger partial charge in [0, 0.05) is 42.5 Å². The lowest BCUT2D eigenvalue weighted by molar-refractivity contribution is -0.135. The molecule has 2 aromatic rings. The lowest BCUT2D eigenvalue weighted by atomic mass is 9.95. The van der Waals surface area contributed by atoms with Crippen LogP contribution in [0.25, 0.3) is 0 Å². The lowest BCUT2D eigenvalue weighted by Gasteiger charge is -2.28. The smallest absolute Gasteiger partial charge is 0.425 e. The number of carbonyl (C=O) groups is 2. The molecule has 0 aromatic carbocycles. The van der Waals surface area contributed by atoms with Gasteiger partial charge in [0.2, 0.25) is 0 Å². The fourth-order valence-corrected chi connectivity index (χ4v) is 7.41. The Morgan fingerprint density at radius 3 is 2.54 bits per heavy atom. The molecule has 0 saturated heterocycles. The van der Waals surface area contributed by atoms with Gasteiger partial charge in [0.15, 0.2) is 0 Å². The SMILES string of the molecule is CCOC(=O)c1c(NC(=O)NCc2c(C(F)(F)F)sc3c2CCN(CCN(C)C)C3)sc2c1CCCC2. The number of likely N-dealkylation sites (N-methyl/N-ethyl adjacent to an activating group) is 1. The standard InChI is InChI=1S/C25H33F3N4O3S2/c1-4-35-23(33)20-16-7-5-6-8-18(16)37-22(20)30-24(34)29-13-17-15-9-10-32(12-11-31(2)3)14-19(15)36-21(17)25(26,27)28/h4-14H2,1-3H3,(H2,29,30,34). The zero-order valence-electron chi connectivity index (χ0n) is 21.3. The summed E-state index contributed by atoms with van der Waals surface area (Å²) < 4.78 is 47.0. The summed E-state index contributed by atoms with van der Waals surface area (Å²) in [7, 11) is 3.94. The summed E-state index contributed by atoms with van der Waals surface area (Å²) in [5.74, 6) is -0.484. The van der Waals surface area contributed by atoms with E-state index in [1.54, 1.807) is 6.92 Å². The zero-order valence-corrected chi connectivity index (χ0v) is 23.0. The van der Waals surface area contributed by atoms with Gasteiger partial charge in [0.1, 0.15) is 9.88 Å². The number of fused-ring (bicyclic) bond motifs is 2. The number of nitrogens with zero attached hydrogens (tertiary/aromatic N) is 2. The summed E-state index contributed by atoms with van der Waals surface area (Å²) in [6, 6.07) is -0.638. The van der Waals surface area contributed by atoms with Crippen LogP contribution >= 0.6 is 22.7 Å². The van der Waals surface area contributed by atoms with E-state index in [9.17, 15) is 22.8 Å². The Morgan fingerprint density at radius 2 is 1.84 bits per heavy atom. The average Bonchev–Trinajstić information content (AvgIpc) is 3.39. The van der Waals surface area contributed by atoms with Crippen molar-refractivity contribution in [2.45, 2.75) is 58.3 Å². The third kappa shape index (κ3) is 6.47. The Morgan fingerprint density at radius 1 is 1.08 bits per heavy atom. The van der Waals surface area contributed by atoms with Crippen LogP contribution in [0.4, 0.5) is 23.0 Å². The molecule has 2 aliphatic rings. The average molecular weight is 559 g/mol. The van der Waals surface area contributed by atoms with Gasteiger partial charge in [-0.05, 0) is 69.8 Å². The number of ether oxygens (including phenoxy) is 1. The van der Waals surface area contributed by atoms with Crippen LogP contribution in [0.2, 0.25) is 0 Å². The largest absolute Gasteiger partial charge is 0.462 e. The first-order valence-corrected chi connectivity index (χ1v) is 14.2. The maximum Gasteiger partial charge on any atom is 0.425 e. The highest BCUT2D eigenvalue weighted by molar-refractivity contribution is 7.17. The van der Waals surface area contributed by atoms with E-state index in [2.05, 4.69) is 20.4 Å². The van der Waals surface area contributed by atoms with Gasteiger partial charge < -0.3 is 15.0 Å². The third-order valence-corrected chi connectivity index (χ3v) is 9.18. The molecule has 4 rings (SSSR count). The molecular formula is C25H33F3N4O3S2. The van der Waals surface area contributed by atoms with Crippen molar-refractivity contribution >= 4 is 39.7 Å². The van der Waals surface area contributed by atoms with Gasteiger partial charge in [0.25, 0.3) is 0 Å². The predicted molar refractivity (Wildman–Crippen MR) is 140 cm³/mol. The summed E-state index contributed by atoms with van der Waals surface area (Å²) in [5, 5.41) is 5.73. The van der Waals surface area contributed by atoms with Gasteiger partial charge in [-0.3, -0.25) is 10.2 Å². The van der Waals surface area contributed by atoms with Gasteiger partial charge in [-0.25, -0.2) is 9.59 Å². The minimum absolute atomic E-state index is 0.144. The lowest BCUT2D eigenvalue weighted by Crippen LogP contribution is -2.35. The number of anilines is 1. The number of aryl methyl sites for hydroxylation is 1. The molecule has 37 heavy (non-hydrogen) atoms. The Bertz CT molecular complexity index is 1140. The molecule has 2 aromatic heterocycles. The van der Waals surface area contributed by atoms with Crippen LogP contribution in [0.5, 0.6) is 0 Å². The molecular weight excluding hydrogens is 525 g/mol. The number of rotatable bonds is 8. The molecule has 7 nitrogen and oxygen atoms in total. The second-order valence-electron chi connectivity index (χ2n) is 9.58. The minimum Gasteiger partial charge on any atom is -0.462 e. The van der Waals surface area contributed by atoms with Gasteiger partial charge in [-0.1, -0.05) is 0 Å². The Labute approximate surface area is 223 Å². The molecule has 0 fully saturated rings. The highest BCUT2D eigenvalue weighted by Gasteiger charge is 2.39. The number of alkyl halides is 3. The summed E-state index contributed by atoms with van der Waals surface area (Å²) in [6.07, 6.45) is -0.441. The van der Waals surface area contributed by atoms with Crippen molar-refractivity contribution in [2.24, 2.45) is 0 Å². The molecule has 0 bridgehead atoms. The topological polar surface area (TPSA) is 73.9 Å². The van der Waals surface area contributed by atoms with Crippen molar-refractivity contribution in [3.63, 3.8) is 0 Å². The van der Waals surface area contributed by atoms with Crippen molar-refractivity contribution in [1.29, 1.82) is 0 Å². The van der Waals surface area contributed by atoms with Gasteiger partial charge in [-0.2, -0.15) is 13.2 Å². The van der Waals surface area contributed by atoms with Gasteiger partial charge in [0.05, 0.1) is 12.2 Å². The van der Waals surface area contributed by atoms with Crippen molar-refractivity contribution in [2.75, 3.05) is 45.7 Å². The number of hydrogen-bond donors (Lipinski definition) is 2. The first-order chi connectivity index (χ1) is 17.6. The van der Waals surface area contributed by atoms with E-state index in [0.717, 1.165) is 60.6 Å². The fraction of sp³-hybridized carbons (Fsp3) is 0.600. The highest BCUT2D eigenvalue weighted by atomic mass is 32.1. The summed E-state index contributed by atoms with van der Waals surface area (Å²) in [6.45, 7) is 4.48. The van der Waals surface area contributed by atoms with Gasteiger partial charge >= 0.3 is 18.2 Å². The summed E-state index contributed by atoms with van der Waals surface area (Å²) >= 11 is 2.13. The Kier molecular flexibility index (Phi) is 8.82. The normalized spacial score (nSPS) is 15.9.